The summed E-state index contributed by atoms with van der Waals surface area (Å²) >= 11 is 0. The number of carbonyl (C=O) groups is 2. The zero-order valence-electron chi connectivity index (χ0n) is 17.9. The van der Waals surface area contributed by atoms with Gasteiger partial charge >= 0.3 is 12.1 Å². The minimum Gasteiger partial charge on any atom is -0.478 e. The second-order valence-corrected chi connectivity index (χ2v) is 9.46. The van der Waals surface area contributed by atoms with E-state index in [1.807, 2.05) is 25.7 Å². The van der Waals surface area contributed by atoms with Gasteiger partial charge < -0.3 is 24.1 Å². The number of aromatic carboxylic acids is 1. The average molecular weight is 403 g/mol. The van der Waals surface area contributed by atoms with E-state index in [4.69, 9.17) is 9.15 Å². The quantitative estimate of drug-likeness (QED) is 0.809. The van der Waals surface area contributed by atoms with Crippen LogP contribution in [0.15, 0.2) is 22.6 Å². The molecule has 8 heteroatoms. The lowest BCUT2D eigenvalue weighted by atomic mass is 9.84. The first kappa shape index (κ1) is 21.0. The molecular formula is C21H29N3O5. The molecule has 3 rings (SSSR count). The van der Waals surface area contributed by atoms with Crippen molar-refractivity contribution in [1.29, 1.82) is 0 Å². The molecule has 0 radical (unpaired) electrons. The SMILES string of the molecule is CC(C)(C)OC(=O)N1CCN(c2nc3c(C(=O)O)cccc3o2)[C@@H](C(C)(C)C)C1. The van der Waals surface area contributed by atoms with Gasteiger partial charge in [0.2, 0.25) is 0 Å². The third-order valence-electron chi connectivity index (χ3n) is 4.92. The van der Waals surface area contributed by atoms with Gasteiger partial charge in [0.15, 0.2) is 5.58 Å². The van der Waals surface area contributed by atoms with Gasteiger partial charge in [-0.05, 0) is 38.3 Å². The first-order valence-corrected chi connectivity index (χ1v) is 9.74. The Morgan fingerprint density at radius 2 is 1.86 bits per heavy atom. The molecule has 158 valence electrons. The van der Waals surface area contributed by atoms with Crippen LogP contribution < -0.4 is 4.90 Å². The Morgan fingerprint density at radius 1 is 1.17 bits per heavy atom. The first-order chi connectivity index (χ1) is 13.4. The molecule has 8 nitrogen and oxygen atoms in total. The normalized spacial score (nSPS) is 18.2. The van der Waals surface area contributed by atoms with Gasteiger partial charge in [-0.1, -0.05) is 26.8 Å². The topological polar surface area (TPSA) is 96.1 Å². The Balaban J connectivity index is 1.91. The standard InChI is InChI=1S/C21H29N3O5/c1-20(2,3)15-12-23(19(27)29-21(4,5)6)10-11-24(15)18-22-16-13(17(25)26)8-7-9-14(16)28-18/h7-9,15H,10-12H2,1-6H3,(H,25,26)/t15-/m1/s1. The molecule has 0 saturated carbocycles. The highest BCUT2D eigenvalue weighted by molar-refractivity contribution is 6.00. The van der Waals surface area contributed by atoms with Gasteiger partial charge in [-0.2, -0.15) is 4.98 Å². The number of carbonyl (C=O) groups excluding carboxylic acids is 1. The van der Waals surface area contributed by atoms with Crippen molar-refractivity contribution >= 4 is 29.2 Å². The number of carboxylic acids is 1. The third-order valence-corrected chi connectivity index (χ3v) is 4.92. The number of piperazine rings is 1. The van der Waals surface area contributed by atoms with Crippen molar-refractivity contribution in [2.45, 2.75) is 53.2 Å². The van der Waals surface area contributed by atoms with E-state index >= 15 is 0 Å². The van der Waals surface area contributed by atoms with Crippen molar-refractivity contribution < 1.29 is 23.8 Å². The number of rotatable bonds is 2. The van der Waals surface area contributed by atoms with E-state index < -0.39 is 11.6 Å². The molecule has 1 fully saturated rings. The predicted molar refractivity (Wildman–Crippen MR) is 109 cm³/mol. The van der Waals surface area contributed by atoms with E-state index in [2.05, 4.69) is 25.8 Å². The molecule has 1 aliphatic rings. The molecule has 0 bridgehead atoms. The number of amides is 1. The number of carboxylic acid groups (broad SMARTS) is 1. The molecule has 1 aromatic carbocycles. The molecule has 2 aromatic rings. The van der Waals surface area contributed by atoms with E-state index in [1.54, 1.807) is 17.0 Å². The maximum absolute atomic E-state index is 12.6. The minimum absolute atomic E-state index is 0.0786. The molecule has 1 aliphatic heterocycles. The summed E-state index contributed by atoms with van der Waals surface area (Å²) in [4.78, 5) is 32.3. The molecule has 1 atom stereocenters. The van der Waals surface area contributed by atoms with E-state index in [1.165, 1.54) is 6.07 Å². The number of oxazole rings is 1. The number of anilines is 1. The van der Waals surface area contributed by atoms with Gasteiger partial charge in [0, 0.05) is 19.6 Å². The van der Waals surface area contributed by atoms with Crippen molar-refractivity contribution in [3.63, 3.8) is 0 Å². The smallest absolute Gasteiger partial charge is 0.410 e. The van der Waals surface area contributed by atoms with E-state index in [-0.39, 0.29) is 23.1 Å². The summed E-state index contributed by atoms with van der Waals surface area (Å²) in [7, 11) is 0. The fourth-order valence-corrected chi connectivity index (χ4v) is 3.48. The summed E-state index contributed by atoms with van der Waals surface area (Å²) in [5.41, 5.74) is 0.132. The van der Waals surface area contributed by atoms with Crippen LogP contribution >= 0.6 is 0 Å². The number of fused-ring (bicyclic) bond motifs is 1. The van der Waals surface area contributed by atoms with Crippen molar-refractivity contribution in [2.75, 3.05) is 24.5 Å². The zero-order chi connectivity index (χ0) is 21.6. The highest BCUT2D eigenvalue weighted by atomic mass is 16.6. The monoisotopic (exact) mass is 403 g/mol. The van der Waals surface area contributed by atoms with Crippen molar-refractivity contribution in [3.05, 3.63) is 23.8 Å². The number of hydrogen-bond acceptors (Lipinski definition) is 6. The Labute approximate surface area is 170 Å². The number of para-hydroxylation sites is 1. The second kappa shape index (κ2) is 7.24. The van der Waals surface area contributed by atoms with Crippen LogP contribution in [0.5, 0.6) is 0 Å². The Hall–Kier alpha value is -2.77. The molecular weight excluding hydrogens is 374 g/mol. The second-order valence-electron chi connectivity index (χ2n) is 9.46. The van der Waals surface area contributed by atoms with Crippen molar-refractivity contribution in [3.8, 4) is 0 Å². The summed E-state index contributed by atoms with van der Waals surface area (Å²) in [5, 5.41) is 9.42. The van der Waals surface area contributed by atoms with Gasteiger partial charge in [0.1, 0.15) is 11.1 Å². The molecule has 2 heterocycles. The highest BCUT2D eigenvalue weighted by Gasteiger charge is 2.40. The molecule has 1 N–H and O–H groups in total. The van der Waals surface area contributed by atoms with Gasteiger partial charge in [0.25, 0.3) is 6.01 Å². The van der Waals surface area contributed by atoms with Crippen molar-refractivity contribution in [1.82, 2.24) is 9.88 Å². The maximum Gasteiger partial charge on any atom is 0.410 e. The van der Waals surface area contributed by atoms with E-state index in [0.717, 1.165) is 0 Å². The van der Waals surface area contributed by atoms with Crippen molar-refractivity contribution in [2.24, 2.45) is 5.41 Å². The summed E-state index contributed by atoms with van der Waals surface area (Å²) in [6, 6.07) is 5.16. The molecule has 1 saturated heterocycles. The van der Waals surface area contributed by atoms with Crippen LogP contribution in [0.2, 0.25) is 0 Å². The summed E-state index contributed by atoms with van der Waals surface area (Å²) in [6.45, 7) is 13.3. The number of nitrogens with zero attached hydrogens (tertiary/aromatic N) is 3. The summed E-state index contributed by atoms with van der Waals surface area (Å²) < 4.78 is 11.5. The van der Waals surface area contributed by atoms with Crippen LogP contribution in [-0.4, -0.2) is 58.3 Å². The fourth-order valence-electron chi connectivity index (χ4n) is 3.48. The fraction of sp³-hybridized carbons (Fsp3) is 0.571. The Kier molecular flexibility index (Phi) is 5.23. The summed E-state index contributed by atoms with van der Waals surface area (Å²) in [5.74, 6) is -1.04. The predicted octanol–water partition coefficient (Wildman–Crippen LogP) is 4.00. The molecule has 1 aromatic heterocycles. The lowest BCUT2D eigenvalue weighted by Gasteiger charge is -2.46. The number of ether oxygens (including phenoxy) is 1. The average Bonchev–Trinajstić information content (AvgIpc) is 3.02. The van der Waals surface area contributed by atoms with Crippen LogP contribution in [0, 0.1) is 5.41 Å². The molecule has 0 unspecified atom stereocenters. The van der Waals surface area contributed by atoms with Crippen LogP contribution in [0.25, 0.3) is 11.1 Å². The Bertz CT molecular complexity index is 923. The molecule has 1 amide bonds. The Morgan fingerprint density at radius 3 is 2.45 bits per heavy atom. The molecule has 29 heavy (non-hydrogen) atoms. The van der Waals surface area contributed by atoms with Crippen LogP contribution in [0.4, 0.5) is 10.8 Å². The van der Waals surface area contributed by atoms with Gasteiger partial charge in [0.05, 0.1) is 11.6 Å². The van der Waals surface area contributed by atoms with Crippen LogP contribution in [0.3, 0.4) is 0 Å². The largest absolute Gasteiger partial charge is 0.478 e. The maximum atomic E-state index is 12.6. The van der Waals surface area contributed by atoms with E-state index in [0.29, 0.717) is 36.7 Å². The lowest BCUT2D eigenvalue weighted by Crippen LogP contribution is -2.60. The third kappa shape index (κ3) is 4.46. The summed E-state index contributed by atoms with van der Waals surface area (Å²) in [6.07, 6.45) is -0.336. The number of aromatic nitrogens is 1. The van der Waals surface area contributed by atoms with Gasteiger partial charge in [-0.3, -0.25) is 0 Å². The van der Waals surface area contributed by atoms with Crippen LogP contribution in [-0.2, 0) is 4.74 Å². The number of hydrogen-bond donors (Lipinski definition) is 1. The zero-order valence-corrected chi connectivity index (χ0v) is 17.9. The lowest BCUT2D eigenvalue weighted by molar-refractivity contribution is 0.0174. The van der Waals surface area contributed by atoms with Gasteiger partial charge in [-0.25, -0.2) is 9.59 Å². The minimum atomic E-state index is -1.04. The van der Waals surface area contributed by atoms with E-state index in [9.17, 15) is 14.7 Å². The first-order valence-electron chi connectivity index (χ1n) is 9.74. The van der Waals surface area contributed by atoms with Gasteiger partial charge in [-0.15, -0.1) is 0 Å². The molecule has 0 aliphatic carbocycles. The number of benzene rings is 1. The molecule has 0 spiro atoms. The van der Waals surface area contributed by atoms with Crippen LogP contribution in [0.1, 0.15) is 51.9 Å². The highest BCUT2D eigenvalue weighted by Crippen LogP contribution is 2.34.